The molecular formula is C18H26N4. The van der Waals surface area contributed by atoms with Crippen molar-refractivity contribution in [1.29, 1.82) is 0 Å². The van der Waals surface area contributed by atoms with Gasteiger partial charge in [-0.2, -0.15) is 0 Å². The summed E-state index contributed by atoms with van der Waals surface area (Å²) in [5.74, 6) is 0. The Hall–Kier alpha value is -1.55. The highest BCUT2D eigenvalue weighted by Gasteiger charge is 2.22. The Morgan fingerprint density at radius 3 is 2.73 bits per heavy atom. The molecule has 2 N–H and O–H groups in total. The molecule has 118 valence electrons. The number of hydrogen-bond donors (Lipinski definition) is 1. The molecule has 2 atom stereocenters. The molecule has 2 aliphatic rings. The number of rotatable bonds is 2. The molecule has 4 rings (SSSR count). The molecule has 1 saturated heterocycles. The van der Waals surface area contributed by atoms with Gasteiger partial charge in [-0.3, -0.25) is 0 Å². The molecule has 1 aromatic heterocycles. The molecule has 0 radical (unpaired) electrons. The monoisotopic (exact) mass is 298 g/mol. The van der Waals surface area contributed by atoms with Crippen molar-refractivity contribution in [3.05, 3.63) is 24.5 Å². The molecule has 22 heavy (non-hydrogen) atoms. The maximum atomic E-state index is 6.18. The fourth-order valence-electron chi connectivity index (χ4n) is 4.11. The first-order valence-corrected chi connectivity index (χ1v) is 8.78. The largest absolute Gasteiger partial charge is 0.371 e. The summed E-state index contributed by atoms with van der Waals surface area (Å²) < 4.78 is 2.38. The molecular weight excluding hydrogens is 272 g/mol. The number of fused-ring (bicyclic) bond motifs is 1. The summed E-state index contributed by atoms with van der Waals surface area (Å²) in [5.41, 5.74) is 9.93. The fourth-order valence-corrected chi connectivity index (χ4v) is 4.11. The van der Waals surface area contributed by atoms with Crippen molar-refractivity contribution in [3.8, 4) is 0 Å². The van der Waals surface area contributed by atoms with Crippen LogP contribution in [0.4, 0.5) is 5.69 Å². The number of hydrogen-bond acceptors (Lipinski definition) is 3. The van der Waals surface area contributed by atoms with Crippen LogP contribution in [0.15, 0.2) is 24.5 Å². The predicted molar refractivity (Wildman–Crippen MR) is 91.3 cm³/mol. The maximum absolute atomic E-state index is 6.18. The van der Waals surface area contributed by atoms with Crippen LogP contribution in [-0.4, -0.2) is 28.7 Å². The molecule has 1 aliphatic heterocycles. The van der Waals surface area contributed by atoms with Crippen molar-refractivity contribution < 1.29 is 0 Å². The Morgan fingerprint density at radius 1 is 1.05 bits per heavy atom. The van der Waals surface area contributed by atoms with Crippen molar-refractivity contribution in [3.63, 3.8) is 0 Å². The average Bonchev–Trinajstić information content (AvgIpc) is 2.99. The zero-order valence-electron chi connectivity index (χ0n) is 13.2. The zero-order valence-corrected chi connectivity index (χ0v) is 13.2. The number of nitrogens with zero attached hydrogens (tertiary/aromatic N) is 3. The number of nitrogens with two attached hydrogens (primary N) is 1. The highest BCUT2D eigenvalue weighted by atomic mass is 15.1. The minimum Gasteiger partial charge on any atom is -0.371 e. The Morgan fingerprint density at radius 2 is 1.91 bits per heavy atom. The van der Waals surface area contributed by atoms with E-state index in [1.54, 1.807) is 0 Å². The van der Waals surface area contributed by atoms with E-state index in [2.05, 4.69) is 32.7 Å². The molecule has 4 heteroatoms. The van der Waals surface area contributed by atoms with Crippen LogP contribution < -0.4 is 10.6 Å². The van der Waals surface area contributed by atoms with E-state index in [-0.39, 0.29) is 0 Å². The van der Waals surface area contributed by atoms with Crippen LogP contribution >= 0.6 is 0 Å². The van der Waals surface area contributed by atoms with Crippen molar-refractivity contribution in [2.24, 2.45) is 5.73 Å². The first-order chi connectivity index (χ1) is 10.8. The van der Waals surface area contributed by atoms with Crippen LogP contribution in [0.5, 0.6) is 0 Å². The van der Waals surface area contributed by atoms with Gasteiger partial charge in [-0.1, -0.05) is 0 Å². The van der Waals surface area contributed by atoms with E-state index in [1.165, 1.54) is 62.8 Å². The van der Waals surface area contributed by atoms with Crippen molar-refractivity contribution in [2.45, 2.75) is 57.0 Å². The van der Waals surface area contributed by atoms with Crippen LogP contribution in [-0.2, 0) is 0 Å². The van der Waals surface area contributed by atoms with Crippen LogP contribution in [0.2, 0.25) is 0 Å². The van der Waals surface area contributed by atoms with E-state index in [0.29, 0.717) is 12.1 Å². The number of piperidine rings is 1. The molecule has 0 amide bonds. The molecule has 2 unspecified atom stereocenters. The van der Waals surface area contributed by atoms with E-state index in [9.17, 15) is 0 Å². The van der Waals surface area contributed by atoms with Gasteiger partial charge in [0.2, 0.25) is 0 Å². The van der Waals surface area contributed by atoms with Crippen LogP contribution in [0.1, 0.15) is 51.0 Å². The van der Waals surface area contributed by atoms with Crippen molar-refractivity contribution >= 4 is 16.7 Å². The van der Waals surface area contributed by atoms with Crippen LogP contribution in [0.25, 0.3) is 11.0 Å². The van der Waals surface area contributed by atoms with E-state index in [4.69, 9.17) is 5.73 Å². The summed E-state index contributed by atoms with van der Waals surface area (Å²) in [4.78, 5) is 7.13. The lowest BCUT2D eigenvalue weighted by Crippen LogP contribution is -2.30. The summed E-state index contributed by atoms with van der Waals surface area (Å²) in [6.07, 6.45) is 10.7. The highest BCUT2D eigenvalue weighted by Crippen LogP contribution is 2.32. The zero-order chi connectivity index (χ0) is 14.9. The third-order valence-corrected chi connectivity index (χ3v) is 5.36. The lowest BCUT2D eigenvalue weighted by Gasteiger charge is -2.30. The standard InChI is InChI=1S/C18H26N4/c19-14-5-4-6-16(11-14)22-13-20-17-8-7-15(12-18(17)22)21-9-2-1-3-10-21/h7-8,12-14,16H,1-6,9-11,19H2. The van der Waals surface area contributed by atoms with Gasteiger partial charge in [0.25, 0.3) is 0 Å². The topological polar surface area (TPSA) is 47.1 Å². The van der Waals surface area contributed by atoms with Gasteiger partial charge in [0.05, 0.1) is 17.4 Å². The SMILES string of the molecule is NC1CCCC(n2cnc3ccc(N4CCCCC4)cc32)C1. The van der Waals surface area contributed by atoms with Crippen LogP contribution in [0, 0.1) is 0 Å². The van der Waals surface area contributed by atoms with Gasteiger partial charge in [0.1, 0.15) is 0 Å². The highest BCUT2D eigenvalue weighted by molar-refractivity contribution is 5.80. The summed E-state index contributed by atoms with van der Waals surface area (Å²) >= 11 is 0. The second-order valence-corrected chi connectivity index (χ2v) is 6.95. The van der Waals surface area contributed by atoms with E-state index in [0.717, 1.165) is 11.9 Å². The Bertz CT molecular complexity index is 642. The third kappa shape index (κ3) is 2.60. The molecule has 0 spiro atoms. The molecule has 1 saturated carbocycles. The third-order valence-electron chi connectivity index (χ3n) is 5.36. The number of benzene rings is 1. The van der Waals surface area contributed by atoms with Gasteiger partial charge < -0.3 is 15.2 Å². The van der Waals surface area contributed by atoms with Gasteiger partial charge >= 0.3 is 0 Å². The second kappa shape index (κ2) is 5.92. The lowest BCUT2D eigenvalue weighted by atomic mass is 9.91. The molecule has 2 fully saturated rings. The first-order valence-electron chi connectivity index (χ1n) is 8.78. The average molecular weight is 298 g/mol. The molecule has 2 aromatic rings. The number of anilines is 1. The van der Waals surface area contributed by atoms with Crippen molar-refractivity contribution in [1.82, 2.24) is 9.55 Å². The molecule has 0 bridgehead atoms. The smallest absolute Gasteiger partial charge is 0.0960 e. The number of aromatic nitrogens is 2. The minimum absolute atomic E-state index is 0.349. The Balaban J connectivity index is 1.67. The molecule has 1 aromatic carbocycles. The summed E-state index contributed by atoms with van der Waals surface area (Å²) in [6.45, 7) is 2.38. The summed E-state index contributed by atoms with van der Waals surface area (Å²) in [7, 11) is 0. The fraction of sp³-hybridized carbons (Fsp3) is 0.611. The van der Waals surface area contributed by atoms with Gasteiger partial charge in [-0.15, -0.1) is 0 Å². The van der Waals surface area contributed by atoms with Gasteiger partial charge in [0.15, 0.2) is 0 Å². The maximum Gasteiger partial charge on any atom is 0.0960 e. The van der Waals surface area contributed by atoms with Gasteiger partial charge in [-0.05, 0) is 63.1 Å². The predicted octanol–water partition coefficient (Wildman–Crippen LogP) is 3.47. The molecule has 4 nitrogen and oxygen atoms in total. The van der Waals surface area contributed by atoms with E-state index < -0.39 is 0 Å². The summed E-state index contributed by atoms with van der Waals surface area (Å²) in [6, 6.07) is 7.62. The van der Waals surface area contributed by atoms with E-state index in [1.807, 2.05) is 6.33 Å². The van der Waals surface area contributed by atoms with Gasteiger partial charge in [0, 0.05) is 30.9 Å². The lowest BCUT2D eigenvalue weighted by molar-refractivity contribution is 0.325. The molecule has 2 heterocycles. The summed E-state index contributed by atoms with van der Waals surface area (Å²) in [5, 5.41) is 0. The molecule has 1 aliphatic carbocycles. The normalized spacial score (nSPS) is 26.5. The van der Waals surface area contributed by atoms with Gasteiger partial charge in [-0.25, -0.2) is 4.98 Å². The minimum atomic E-state index is 0.349. The second-order valence-electron chi connectivity index (χ2n) is 6.95. The quantitative estimate of drug-likeness (QED) is 0.923. The Kier molecular flexibility index (Phi) is 3.78. The number of imidazole rings is 1. The van der Waals surface area contributed by atoms with Crippen LogP contribution in [0.3, 0.4) is 0 Å². The van der Waals surface area contributed by atoms with E-state index >= 15 is 0 Å². The Labute approximate surface area is 132 Å². The van der Waals surface area contributed by atoms with Crippen molar-refractivity contribution in [2.75, 3.05) is 18.0 Å². The first kappa shape index (κ1) is 14.1.